The first-order valence-electron chi connectivity index (χ1n) is 8.46. The van der Waals surface area contributed by atoms with E-state index < -0.39 is 0 Å². The van der Waals surface area contributed by atoms with E-state index in [0.717, 1.165) is 19.5 Å². The van der Waals surface area contributed by atoms with Crippen LogP contribution in [-0.2, 0) is 0 Å². The van der Waals surface area contributed by atoms with Crippen molar-refractivity contribution in [3.05, 3.63) is 0 Å². The monoisotopic (exact) mass is 285 g/mol. The quantitative estimate of drug-likeness (QED) is 0.574. The van der Waals surface area contributed by atoms with Gasteiger partial charge in [-0.1, -0.05) is 60.8 Å². The van der Waals surface area contributed by atoms with Crippen LogP contribution in [-0.4, -0.2) is 24.8 Å². The van der Waals surface area contributed by atoms with E-state index in [1.165, 1.54) is 32.1 Å². The summed E-state index contributed by atoms with van der Waals surface area (Å²) >= 11 is 0. The van der Waals surface area contributed by atoms with E-state index >= 15 is 0 Å². The number of aliphatic hydroxyl groups excluding tert-OH is 1. The zero-order valence-electron chi connectivity index (χ0n) is 14.9. The summed E-state index contributed by atoms with van der Waals surface area (Å²) in [5.74, 6) is 0.697. The van der Waals surface area contributed by atoms with Gasteiger partial charge in [-0.2, -0.15) is 0 Å². The van der Waals surface area contributed by atoms with Gasteiger partial charge in [0.2, 0.25) is 0 Å². The molecule has 20 heavy (non-hydrogen) atoms. The predicted octanol–water partition coefficient (Wildman–Crippen LogP) is 4.62. The molecule has 1 atom stereocenters. The molecule has 0 bridgehead atoms. The van der Waals surface area contributed by atoms with Gasteiger partial charge in [0.25, 0.3) is 0 Å². The van der Waals surface area contributed by atoms with Crippen molar-refractivity contribution in [3.63, 3.8) is 0 Å². The van der Waals surface area contributed by atoms with E-state index in [9.17, 15) is 5.11 Å². The van der Waals surface area contributed by atoms with Crippen molar-refractivity contribution >= 4 is 0 Å². The molecule has 0 radical (unpaired) electrons. The highest BCUT2D eigenvalue weighted by molar-refractivity contribution is 4.70. The lowest BCUT2D eigenvalue weighted by atomic mass is 9.81. The fourth-order valence-electron chi connectivity index (χ4n) is 2.72. The number of unbranched alkanes of at least 4 members (excludes halogenated alkanes) is 2. The molecule has 2 heteroatoms. The molecule has 0 aromatic rings. The molecule has 0 aromatic carbocycles. The fourth-order valence-corrected chi connectivity index (χ4v) is 2.72. The molecular weight excluding hydrogens is 246 g/mol. The standard InChI is InChI=1S/C18H39NO/c1-17(2,3)14-16(11-13-20)10-8-7-9-12-19-15-18(4,5)6/h16,19-20H,7-15H2,1-6H3/t16-/m0/s1. The Hall–Kier alpha value is -0.0800. The maximum atomic E-state index is 9.17. The lowest BCUT2D eigenvalue weighted by molar-refractivity contribution is 0.207. The Morgan fingerprint density at radius 1 is 0.850 bits per heavy atom. The van der Waals surface area contributed by atoms with Crippen LogP contribution in [0.1, 0.15) is 80.1 Å². The lowest BCUT2D eigenvalue weighted by Crippen LogP contribution is -2.27. The smallest absolute Gasteiger partial charge is 0.0433 e. The van der Waals surface area contributed by atoms with Crippen molar-refractivity contribution in [2.24, 2.45) is 16.7 Å². The van der Waals surface area contributed by atoms with Crippen molar-refractivity contribution in [2.75, 3.05) is 19.7 Å². The minimum absolute atomic E-state index is 0.341. The molecule has 0 aromatic heterocycles. The summed E-state index contributed by atoms with van der Waals surface area (Å²) in [6.07, 6.45) is 7.37. The van der Waals surface area contributed by atoms with E-state index in [4.69, 9.17) is 0 Å². The summed E-state index contributed by atoms with van der Waals surface area (Å²) in [7, 11) is 0. The Balaban J connectivity index is 3.64. The summed E-state index contributed by atoms with van der Waals surface area (Å²) in [6.45, 7) is 16.3. The topological polar surface area (TPSA) is 32.3 Å². The molecule has 0 rings (SSSR count). The second-order valence-electron chi connectivity index (χ2n) is 8.73. The van der Waals surface area contributed by atoms with Gasteiger partial charge in [-0.25, -0.2) is 0 Å². The van der Waals surface area contributed by atoms with Crippen LogP contribution in [0, 0.1) is 16.7 Å². The second kappa shape index (κ2) is 9.78. The van der Waals surface area contributed by atoms with E-state index in [1.54, 1.807) is 0 Å². The van der Waals surface area contributed by atoms with Crippen molar-refractivity contribution in [3.8, 4) is 0 Å². The SMILES string of the molecule is CC(C)(C)CNCCCCC[C@@H](CCO)CC(C)(C)C. The number of aliphatic hydroxyl groups is 1. The summed E-state index contributed by atoms with van der Waals surface area (Å²) in [5, 5.41) is 12.7. The summed E-state index contributed by atoms with van der Waals surface area (Å²) in [5.41, 5.74) is 0.771. The van der Waals surface area contributed by atoms with Crippen LogP contribution in [0.2, 0.25) is 0 Å². The minimum Gasteiger partial charge on any atom is -0.396 e. The van der Waals surface area contributed by atoms with Crippen LogP contribution in [0.3, 0.4) is 0 Å². The third kappa shape index (κ3) is 14.3. The zero-order chi connectivity index (χ0) is 15.6. The van der Waals surface area contributed by atoms with Gasteiger partial charge in [0.05, 0.1) is 0 Å². The van der Waals surface area contributed by atoms with Gasteiger partial charge in [-0.05, 0) is 49.1 Å². The van der Waals surface area contributed by atoms with Gasteiger partial charge >= 0.3 is 0 Å². The summed E-state index contributed by atoms with van der Waals surface area (Å²) in [4.78, 5) is 0. The molecule has 0 amide bonds. The van der Waals surface area contributed by atoms with Gasteiger partial charge < -0.3 is 10.4 Å². The molecule has 0 unspecified atom stereocenters. The molecule has 2 N–H and O–H groups in total. The minimum atomic E-state index is 0.341. The van der Waals surface area contributed by atoms with E-state index in [0.29, 0.717) is 23.4 Å². The first kappa shape index (κ1) is 19.9. The Morgan fingerprint density at radius 2 is 1.50 bits per heavy atom. The molecular formula is C18H39NO. The summed E-state index contributed by atoms with van der Waals surface area (Å²) < 4.78 is 0. The maximum Gasteiger partial charge on any atom is 0.0433 e. The Bertz CT molecular complexity index is 225. The average molecular weight is 286 g/mol. The maximum absolute atomic E-state index is 9.17. The van der Waals surface area contributed by atoms with E-state index in [1.807, 2.05) is 0 Å². The van der Waals surface area contributed by atoms with Crippen LogP contribution >= 0.6 is 0 Å². The Kier molecular flexibility index (Phi) is 9.74. The third-order valence-electron chi connectivity index (χ3n) is 3.56. The van der Waals surface area contributed by atoms with Crippen LogP contribution in [0.4, 0.5) is 0 Å². The first-order chi connectivity index (χ1) is 9.14. The number of rotatable bonds is 10. The second-order valence-corrected chi connectivity index (χ2v) is 8.73. The fraction of sp³-hybridized carbons (Fsp3) is 1.00. The van der Waals surface area contributed by atoms with E-state index in [2.05, 4.69) is 46.9 Å². The van der Waals surface area contributed by atoms with Crippen LogP contribution in [0.5, 0.6) is 0 Å². The lowest BCUT2D eigenvalue weighted by Gasteiger charge is -2.25. The van der Waals surface area contributed by atoms with E-state index in [-0.39, 0.29) is 0 Å². The first-order valence-corrected chi connectivity index (χ1v) is 8.46. The number of hydrogen-bond acceptors (Lipinski definition) is 2. The molecule has 0 aliphatic rings. The van der Waals surface area contributed by atoms with Gasteiger partial charge in [0.1, 0.15) is 0 Å². The van der Waals surface area contributed by atoms with Gasteiger partial charge in [0.15, 0.2) is 0 Å². The molecule has 0 aliphatic heterocycles. The number of hydrogen-bond donors (Lipinski definition) is 2. The van der Waals surface area contributed by atoms with Crippen LogP contribution in [0.15, 0.2) is 0 Å². The largest absolute Gasteiger partial charge is 0.396 e. The van der Waals surface area contributed by atoms with Crippen molar-refractivity contribution < 1.29 is 5.11 Å². The Morgan fingerprint density at radius 3 is 2.00 bits per heavy atom. The normalized spacial score (nSPS) is 14.6. The van der Waals surface area contributed by atoms with Gasteiger partial charge in [-0.15, -0.1) is 0 Å². The zero-order valence-corrected chi connectivity index (χ0v) is 14.9. The molecule has 0 aliphatic carbocycles. The average Bonchev–Trinajstić information content (AvgIpc) is 2.24. The molecule has 0 saturated heterocycles. The van der Waals surface area contributed by atoms with Crippen molar-refractivity contribution in [1.82, 2.24) is 5.32 Å². The highest BCUT2D eigenvalue weighted by atomic mass is 16.3. The van der Waals surface area contributed by atoms with Crippen molar-refractivity contribution in [1.29, 1.82) is 0 Å². The highest BCUT2D eigenvalue weighted by Crippen LogP contribution is 2.29. The molecule has 0 fully saturated rings. The summed E-state index contributed by atoms with van der Waals surface area (Å²) in [6, 6.07) is 0. The molecule has 0 heterocycles. The molecule has 0 spiro atoms. The molecule has 0 saturated carbocycles. The third-order valence-corrected chi connectivity index (χ3v) is 3.56. The van der Waals surface area contributed by atoms with Gasteiger partial charge in [-0.3, -0.25) is 0 Å². The van der Waals surface area contributed by atoms with Crippen LogP contribution < -0.4 is 5.32 Å². The number of nitrogens with one attached hydrogen (secondary N) is 1. The predicted molar refractivity (Wildman–Crippen MR) is 90.1 cm³/mol. The van der Waals surface area contributed by atoms with Gasteiger partial charge in [0, 0.05) is 6.61 Å². The highest BCUT2D eigenvalue weighted by Gasteiger charge is 2.18. The Labute approximate surface area is 127 Å². The van der Waals surface area contributed by atoms with Crippen molar-refractivity contribution in [2.45, 2.75) is 80.1 Å². The molecule has 122 valence electrons. The van der Waals surface area contributed by atoms with Crippen LogP contribution in [0.25, 0.3) is 0 Å². The molecule has 2 nitrogen and oxygen atoms in total.